The first-order chi connectivity index (χ1) is 9.10. The minimum atomic E-state index is 0.0422. The van der Waals surface area contributed by atoms with Crippen LogP contribution in [0, 0.1) is 5.41 Å². The van der Waals surface area contributed by atoms with E-state index in [1.807, 2.05) is 18.2 Å². The Hall–Kier alpha value is -0.0900. The van der Waals surface area contributed by atoms with Gasteiger partial charge in [-0.25, -0.2) is 0 Å². The summed E-state index contributed by atoms with van der Waals surface area (Å²) in [4.78, 5) is 0. The highest BCUT2D eigenvalue weighted by molar-refractivity contribution is 9.10. The van der Waals surface area contributed by atoms with E-state index < -0.39 is 0 Å². The van der Waals surface area contributed by atoms with Gasteiger partial charge in [-0.1, -0.05) is 47.4 Å². The van der Waals surface area contributed by atoms with E-state index in [4.69, 9.17) is 16.3 Å². The second-order valence-electron chi connectivity index (χ2n) is 5.30. The summed E-state index contributed by atoms with van der Waals surface area (Å²) in [5.41, 5.74) is 1.33. The molecule has 1 atom stereocenters. The van der Waals surface area contributed by atoms with Crippen molar-refractivity contribution in [3.63, 3.8) is 0 Å². The predicted octanol–water partition coefficient (Wildman–Crippen LogP) is 4.57. The molecule has 1 heterocycles. The van der Waals surface area contributed by atoms with Crippen LogP contribution in [0.4, 0.5) is 0 Å². The number of ether oxygens (including phenoxy) is 1. The highest BCUT2D eigenvalue weighted by Crippen LogP contribution is 2.34. The summed E-state index contributed by atoms with van der Waals surface area (Å²) in [5.74, 6) is 0. The average molecular weight is 347 g/mol. The average Bonchev–Trinajstić information content (AvgIpc) is 2.62. The lowest BCUT2D eigenvalue weighted by atomic mass is 9.83. The maximum Gasteiger partial charge on any atom is 0.0963 e. The van der Waals surface area contributed by atoms with Crippen molar-refractivity contribution in [3.8, 4) is 0 Å². The van der Waals surface area contributed by atoms with E-state index in [0.29, 0.717) is 0 Å². The molecule has 1 saturated heterocycles. The summed E-state index contributed by atoms with van der Waals surface area (Å²) >= 11 is 9.75. The van der Waals surface area contributed by atoms with Gasteiger partial charge in [-0.3, -0.25) is 0 Å². The topological polar surface area (TPSA) is 21.3 Å². The lowest BCUT2D eigenvalue weighted by Crippen LogP contribution is -2.34. The van der Waals surface area contributed by atoms with Crippen LogP contribution in [0.2, 0.25) is 5.02 Å². The molecule has 0 aromatic heterocycles. The molecule has 1 aliphatic heterocycles. The molecule has 2 rings (SSSR count). The Bertz CT molecular complexity index is 434. The van der Waals surface area contributed by atoms with Gasteiger partial charge in [0.25, 0.3) is 0 Å². The van der Waals surface area contributed by atoms with Gasteiger partial charge < -0.3 is 10.1 Å². The lowest BCUT2D eigenvalue weighted by molar-refractivity contribution is 0.0103. The molecule has 0 radical (unpaired) electrons. The van der Waals surface area contributed by atoms with Crippen LogP contribution >= 0.6 is 27.5 Å². The van der Waals surface area contributed by atoms with Crippen molar-refractivity contribution in [2.24, 2.45) is 5.41 Å². The van der Waals surface area contributed by atoms with Gasteiger partial charge in [-0.05, 0) is 25.0 Å². The maximum absolute atomic E-state index is 6.32. The third kappa shape index (κ3) is 3.52. The van der Waals surface area contributed by atoms with Crippen molar-refractivity contribution in [1.29, 1.82) is 0 Å². The standard InChI is InChI=1S/C15H21BrClNO/c1-3-15(4-2)9-18-8-14(19-10-15)12-6-5-11(16)7-13(12)17/h5-7,14,18H,3-4,8-10H2,1-2H3. The van der Waals surface area contributed by atoms with Crippen LogP contribution in [0.5, 0.6) is 0 Å². The van der Waals surface area contributed by atoms with E-state index in [9.17, 15) is 0 Å². The Labute approximate surface area is 129 Å². The molecular weight excluding hydrogens is 326 g/mol. The van der Waals surface area contributed by atoms with Gasteiger partial charge in [0.2, 0.25) is 0 Å². The van der Waals surface area contributed by atoms with Crippen LogP contribution in [-0.2, 0) is 4.74 Å². The maximum atomic E-state index is 6.32. The van der Waals surface area contributed by atoms with Crippen molar-refractivity contribution in [3.05, 3.63) is 33.3 Å². The van der Waals surface area contributed by atoms with Crippen LogP contribution < -0.4 is 5.32 Å². The van der Waals surface area contributed by atoms with Crippen molar-refractivity contribution in [1.82, 2.24) is 5.32 Å². The Balaban J connectivity index is 2.15. The molecule has 1 fully saturated rings. The molecule has 0 spiro atoms. The van der Waals surface area contributed by atoms with Crippen molar-refractivity contribution in [2.45, 2.75) is 32.8 Å². The number of benzene rings is 1. The van der Waals surface area contributed by atoms with Crippen LogP contribution in [0.3, 0.4) is 0 Å². The molecular formula is C15H21BrClNO. The molecule has 106 valence electrons. The van der Waals surface area contributed by atoms with Gasteiger partial charge in [0.1, 0.15) is 0 Å². The molecule has 0 bridgehead atoms. The quantitative estimate of drug-likeness (QED) is 0.865. The summed E-state index contributed by atoms with van der Waals surface area (Å²) in [5, 5.41) is 4.30. The number of halogens is 2. The van der Waals surface area contributed by atoms with Crippen molar-refractivity contribution < 1.29 is 4.74 Å². The summed E-state index contributed by atoms with van der Waals surface area (Å²) in [6.07, 6.45) is 2.31. The second kappa shape index (κ2) is 6.57. The smallest absolute Gasteiger partial charge is 0.0963 e. The van der Waals surface area contributed by atoms with E-state index in [1.54, 1.807) is 0 Å². The van der Waals surface area contributed by atoms with Crippen LogP contribution in [0.1, 0.15) is 38.4 Å². The normalized spacial score (nSPS) is 23.1. The summed E-state index contributed by atoms with van der Waals surface area (Å²) < 4.78 is 7.14. The molecule has 1 unspecified atom stereocenters. The van der Waals surface area contributed by atoms with E-state index in [1.165, 1.54) is 0 Å². The van der Waals surface area contributed by atoms with Crippen molar-refractivity contribution in [2.75, 3.05) is 19.7 Å². The fourth-order valence-corrected chi connectivity index (χ4v) is 3.32. The SMILES string of the molecule is CCC1(CC)CNCC(c2ccc(Br)cc2Cl)OC1. The van der Waals surface area contributed by atoms with Gasteiger partial charge in [0.05, 0.1) is 12.7 Å². The number of rotatable bonds is 3. The highest BCUT2D eigenvalue weighted by Gasteiger charge is 2.31. The second-order valence-corrected chi connectivity index (χ2v) is 6.63. The van der Waals surface area contributed by atoms with Gasteiger partial charge in [-0.15, -0.1) is 0 Å². The number of hydrogen-bond donors (Lipinski definition) is 1. The Kier molecular flexibility index (Phi) is 5.29. The van der Waals surface area contributed by atoms with E-state index in [2.05, 4.69) is 35.1 Å². The Morgan fingerprint density at radius 2 is 2.16 bits per heavy atom. The van der Waals surface area contributed by atoms with Gasteiger partial charge >= 0.3 is 0 Å². The predicted molar refractivity (Wildman–Crippen MR) is 83.7 cm³/mol. The first kappa shape index (κ1) is 15.3. The zero-order valence-corrected chi connectivity index (χ0v) is 13.9. The fraction of sp³-hybridized carbons (Fsp3) is 0.600. The monoisotopic (exact) mass is 345 g/mol. The van der Waals surface area contributed by atoms with E-state index in [-0.39, 0.29) is 11.5 Å². The van der Waals surface area contributed by atoms with Crippen molar-refractivity contribution >= 4 is 27.5 Å². The molecule has 1 aliphatic rings. The largest absolute Gasteiger partial charge is 0.372 e. The molecule has 0 aliphatic carbocycles. The minimum absolute atomic E-state index is 0.0422. The molecule has 1 aromatic carbocycles. The molecule has 4 heteroatoms. The highest BCUT2D eigenvalue weighted by atomic mass is 79.9. The van der Waals surface area contributed by atoms with Gasteiger partial charge in [0.15, 0.2) is 0 Å². The Morgan fingerprint density at radius 3 is 2.79 bits per heavy atom. The molecule has 0 saturated carbocycles. The van der Waals surface area contributed by atoms with Gasteiger partial charge in [0, 0.05) is 33.6 Å². The first-order valence-corrected chi connectivity index (χ1v) is 8.04. The number of nitrogens with one attached hydrogen (secondary N) is 1. The molecule has 2 nitrogen and oxygen atoms in total. The zero-order chi connectivity index (χ0) is 13.9. The van der Waals surface area contributed by atoms with Gasteiger partial charge in [-0.2, -0.15) is 0 Å². The summed E-state index contributed by atoms with van der Waals surface area (Å²) in [6, 6.07) is 5.99. The van der Waals surface area contributed by atoms with Crippen LogP contribution in [-0.4, -0.2) is 19.7 Å². The molecule has 19 heavy (non-hydrogen) atoms. The van der Waals surface area contributed by atoms with E-state index >= 15 is 0 Å². The lowest BCUT2D eigenvalue weighted by Gasteiger charge is -2.29. The summed E-state index contributed by atoms with van der Waals surface area (Å²) in [6.45, 7) is 7.11. The minimum Gasteiger partial charge on any atom is -0.372 e. The zero-order valence-electron chi connectivity index (χ0n) is 11.5. The van der Waals surface area contributed by atoms with Crippen LogP contribution in [0.15, 0.2) is 22.7 Å². The molecule has 1 aromatic rings. The van der Waals surface area contributed by atoms with E-state index in [0.717, 1.165) is 47.6 Å². The van der Waals surface area contributed by atoms with Crippen LogP contribution in [0.25, 0.3) is 0 Å². The molecule has 0 amide bonds. The third-order valence-corrected chi connectivity index (χ3v) is 5.05. The fourth-order valence-electron chi connectivity index (χ4n) is 2.52. The third-order valence-electron chi connectivity index (χ3n) is 4.23. The Morgan fingerprint density at radius 1 is 1.42 bits per heavy atom. The first-order valence-electron chi connectivity index (χ1n) is 6.87. The number of hydrogen-bond acceptors (Lipinski definition) is 2. The summed E-state index contributed by atoms with van der Waals surface area (Å²) in [7, 11) is 0. The molecule has 1 N–H and O–H groups in total.